The third kappa shape index (κ3) is 4.34. The molecule has 0 heterocycles. The highest BCUT2D eigenvalue weighted by molar-refractivity contribution is 6.17. The molecule has 0 aliphatic rings. The van der Waals surface area contributed by atoms with Crippen molar-refractivity contribution in [1.29, 1.82) is 0 Å². The Kier molecular flexibility index (Phi) is 4.60. The Morgan fingerprint density at radius 1 is 1.67 bits per heavy atom. The third-order valence-corrected chi connectivity index (χ3v) is 1.16. The molecule has 0 saturated carbocycles. The van der Waals surface area contributed by atoms with Crippen molar-refractivity contribution in [3.05, 3.63) is 12.3 Å². The summed E-state index contributed by atoms with van der Waals surface area (Å²) in [5, 5.41) is 0. The van der Waals surface area contributed by atoms with Crippen LogP contribution >= 0.6 is 11.6 Å². The van der Waals surface area contributed by atoms with Crippen molar-refractivity contribution < 1.29 is 4.74 Å². The minimum atomic E-state index is 0.396. The summed E-state index contributed by atoms with van der Waals surface area (Å²) in [5.74, 6) is 1.75. The molecule has 2 heteroatoms. The van der Waals surface area contributed by atoms with E-state index in [-0.39, 0.29) is 0 Å². The molecule has 0 amide bonds. The van der Waals surface area contributed by atoms with Gasteiger partial charge in [-0.15, -0.1) is 11.6 Å². The molecule has 9 heavy (non-hydrogen) atoms. The monoisotopic (exact) mass is 148 g/mol. The zero-order valence-electron chi connectivity index (χ0n) is 5.98. The van der Waals surface area contributed by atoms with E-state index in [1.165, 1.54) is 0 Å². The molecule has 0 aromatic rings. The van der Waals surface area contributed by atoms with Gasteiger partial charge < -0.3 is 4.74 Å². The number of hydrogen-bond acceptors (Lipinski definition) is 1. The third-order valence-electron chi connectivity index (χ3n) is 1.01. The van der Waals surface area contributed by atoms with Crippen LogP contribution in [0.3, 0.4) is 0 Å². The molecule has 0 unspecified atom stereocenters. The van der Waals surface area contributed by atoms with Gasteiger partial charge >= 0.3 is 0 Å². The molecule has 54 valence electrons. The Hall–Kier alpha value is -0.170. The van der Waals surface area contributed by atoms with Gasteiger partial charge in [-0.25, -0.2) is 0 Å². The average molecular weight is 149 g/mol. The molecule has 0 bridgehead atoms. The zero-order chi connectivity index (χ0) is 7.28. The van der Waals surface area contributed by atoms with Crippen LogP contribution in [0.4, 0.5) is 0 Å². The molecule has 0 saturated heterocycles. The number of halogens is 1. The second-order valence-electron chi connectivity index (χ2n) is 2.16. The minimum Gasteiger partial charge on any atom is -0.497 e. The Labute approximate surface area is 61.7 Å². The van der Waals surface area contributed by atoms with E-state index >= 15 is 0 Å². The van der Waals surface area contributed by atoms with E-state index in [0.29, 0.717) is 18.4 Å². The van der Waals surface area contributed by atoms with Gasteiger partial charge in [0, 0.05) is 5.92 Å². The first-order chi connectivity index (χ1) is 4.18. The molecular weight excluding hydrogens is 136 g/mol. The fourth-order valence-electron chi connectivity index (χ4n) is 0.336. The Morgan fingerprint density at radius 2 is 2.22 bits per heavy atom. The Balaban J connectivity index is 3.28. The second kappa shape index (κ2) is 4.68. The summed E-state index contributed by atoms with van der Waals surface area (Å²) in [6.45, 7) is 8.36. The first-order valence-electron chi connectivity index (χ1n) is 3.06. The van der Waals surface area contributed by atoms with Gasteiger partial charge in [-0.1, -0.05) is 20.4 Å². The van der Waals surface area contributed by atoms with E-state index in [1.807, 2.05) is 13.8 Å². The molecule has 0 aromatic carbocycles. The molecule has 0 spiro atoms. The van der Waals surface area contributed by atoms with Gasteiger partial charge in [0.05, 0.1) is 11.6 Å². The van der Waals surface area contributed by atoms with Gasteiger partial charge in [0.1, 0.15) is 6.61 Å². The van der Waals surface area contributed by atoms with Gasteiger partial charge in [0.15, 0.2) is 0 Å². The van der Waals surface area contributed by atoms with Crippen molar-refractivity contribution in [2.45, 2.75) is 13.8 Å². The quantitative estimate of drug-likeness (QED) is 0.440. The molecule has 0 fully saturated rings. The normalized spacial score (nSPS) is 9.78. The molecule has 0 N–H and O–H groups in total. The van der Waals surface area contributed by atoms with Gasteiger partial charge in [0.2, 0.25) is 0 Å². The molecule has 0 rings (SSSR count). The molecule has 0 aliphatic heterocycles. The van der Waals surface area contributed by atoms with E-state index in [9.17, 15) is 0 Å². The first kappa shape index (κ1) is 8.83. The lowest BCUT2D eigenvalue weighted by molar-refractivity contribution is 0.203. The molecule has 0 atom stereocenters. The highest BCUT2D eigenvalue weighted by Crippen LogP contribution is 2.07. The number of rotatable bonds is 4. The van der Waals surface area contributed by atoms with Crippen molar-refractivity contribution in [2.24, 2.45) is 5.92 Å². The predicted octanol–water partition coefficient (Wildman–Crippen LogP) is 2.41. The largest absolute Gasteiger partial charge is 0.497 e. The SMILES string of the molecule is C=C(OCCCl)C(C)C. The molecule has 0 radical (unpaired) electrons. The van der Waals surface area contributed by atoms with Crippen molar-refractivity contribution in [2.75, 3.05) is 12.5 Å². The number of hydrogen-bond donors (Lipinski definition) is 0. The van der Waals surface area contributed by atoms with E-state index < -0.39 is 0 Å². The second-order valence-corrected chi connectivity index (χ2v) is 2.54. The summed E-state index contributed by atoms with van der Waals surface area (Å²) in [7, 11) is 0. The van der Waals surface area contributed by atoms with E-state index in [0.717, 1.165) is 5.76 Å². The standard InChI is InChI=1S/C7H13ClO/c1-6(2)7(3)9-5-4-8/h6H,3-5H2,1-2H3. The molecule has 1 nitrogen and oxygen atoms in total. The summed E-state index contributed by atoms with van der Waals surface area (Å²) in [6.07, 6.45) is 0. The summed E-state index contributed by atoms with van der Waals surface area (Å²) < 4.78 is 5.13. The fraction of sp³-hybridized carbons (Fsp3) is 0.714. The Morgan fingerprint density at radius 3 is 2.56 bits per heavy atom. The summed E-state index contributed by atoms with van der Waals surface area (Å²) in [5.41, 5.74) is 0. The van der Waals surface area contributed by atoms with Crippen LogP contribution in [0.5, 0.6) is 0 Å². The van der Waals surface area contributed by atoms with Crippen LogP contribution in [0.25, 0.3) is 0 Å². The van der Waals surface area contributed by atoms with E-state index in [2.05, 4.69) is 6.58 Å². The van der Waals surface area contributed by atoms with Crippen molar-refractivity contribution >= 4 is 11.6 Å². The topological polar surface area (TPSA) is 9.23 Å². The van der Waals surface area contributed by atoms with Crippen LogP contribution in [0, 0.1) is 5.92 Å². The highest BCUT2D eigenvalue weighted by atomic mass is 35.5. The summed E-state index contributed by atoms with van der Waals surface area (Å²) >= 11 is 5.38. The minimum absolute atomic E-state index is 0.396. The van der Waals surface area contributed by atoms with E-state index in [4.69, 9.17) is 16.3 Å². The maximum atomic E-state index is 5.38. The van der Waals surface area contributed by atoms with Crippen LogP contribution in [-0.2, 0) is 4.74 Å². The van der Waals surface area contributed by atoms with Crippen molar-refractivity contribution in [3.8, 4) is 0 Å². The van der Waals surface area contributed by atoms with Crippen LogP contribution in [0.15, 0.2) is 12.3 Å². The van der Waals surface area contributed by atoms with Gasteiger partial charge in [-0.3, -0.25) is 0 Å². The fourth-order valence-corrected chi connectivity index (χ4v) is 0.413. The lowest BCUT2D eigenvalue weighted by atomic mass is 10.2. The molecule has 0 aliphatic carbocycles. The maximum absolute atomic E-state index is 5.38. The van der Waals surface area contributed by atoms with Gasteiger partial charge in [-0.05, 0) is 0 Å². The van der Waals surface area contributed by atoms with Gasteiger partial charge in [-0.2, -0.15) is 0 Å². The zero-order valence-corrected chi connectivity index (χ0v) is 6.74. The van der Waals surface area contributed by atoms with Crippen molar-refractivity contribution in [1.82, 2.24) is 0 Å². The summed E-state index contributed by atoms with van der Waals surface area (Å²) in [6, 6.07) is 0. The molecule has 0 aromatic heterocycles. The summed E-state index contributed by atoms with van der Waals surface area (Å²) in [4.78, 5) is 0. The van der Waals surface area contributed by atoms with Crippen LogP contribution in [-0.4, -0.2) is 12.5 Å². The average Bonchev–Trinajstić information content (AvgIpc) is 1.82. The first-order valence-corrected chi connectivity index (χ1v) is 3.59. The van der Waals surface area contributed by atoms with Gasteiger partial charge in [0.25, 0.3) is 0 Å². The Bertz CT molecular complexity index is 88.9. The van der Waals surface area contributed by atoms with Crippen LogP contribution in [0.2, 0.25) is 0 Å². The number of ether oxygens (including phenoxy) is 1. The molecular formula is C7H13ClO. The maximum Gasteiger partial charge on any atom is 0.101 e. The number of alkyl halides is 1. The van der Waals surface area contributed by atoms with Crippen LogP contribution in [0.1, 0.15) is 13.8 Å². The van der Waals surface area contributed by atoms with Crippen LogP contribution < -0.4 is 0 Å². The lowest BCUT2D eigenvalue weighted by Gasteiger charge is -2.09. The number of allylic oxidation sites excluding steroid dienone is 1. The van der Waals surface area contributed by atoms with E-state index in [1.54, 1.807) is 0 Å². The lowest BCUT2D eigenvalue weighted by Crippen LogP contribution is -2.00. The highest BCUT2D eigenvalue weighted by Gasteiger charge is 1.98. The van der Waals surface area contributed by atoms with Crippen molar-refractivity contribution in [3.63, 3.8) is 0 Å². The smallest absolute Gasteiger partial charge is 0.101 e. The predicted molar refractivity (Wildman–Crippen MR) is 40.7 cm³/mol.